The molecular weight excluding hydrogens is 335 g/mol. The van der Waals surface area contributed by atoms with Crippen molar-refractivity contribution in [3.05, 3.63) is 34.6 Å². The third-order valence-electron chi connectivity index (χ3n) is 6.48. The number of hydrogen-bond donors (Lipinski definition) is 1. The van der Waals surface area contributed by atoms with Crippen molar-refractivity contribution in [1.82, 2.24) is 10.2 Å². The van der Waals surface area contributed by atoms with Crippen LogP contribution >= 0.6 is 0 Å². The number of amides is 2. The lowest BCUT2D eigenvalue weighted by atomic mass is 9.68. The van der Waals surface area contributed by atoms with E-state index in [-0.39, 0.29) is 29.3 Å². The lowest BCUT2D eigenvalue weighted by Crippen LogP contribution is -2.58. The van der Waals surface area contributed by atoms with E-state index in [9.17, 15) is 14.0 Å². The van der Waals surface area contributed by atoms with Crippen LogP contribution < -0.4 is 5.32 Å². The van der Waals surface area contributed by atoms with E-state index in [1.165, 1.54) is 5.56 Å². The summed E-state index contributed by atoms with van der Waals surface area (Å²) in [6.45, 7) is 5.67. The largest absolute Gasteiger partial charge is 0.447 e. The van der Waals surface area contributed by atoms with Crippen molar-refractivity contribution >= 4 is 12.0 Å². The summed E-state index contributed by atoms with van der Waals surface area (Å²) >= 11 is 0. The Morgan fingerprint density at radius 1 is 1.23 bits per heavy atom. The summed E-state index contributed by atoms with van der Waals surface area (Å²) in [4.78, 5) is 25.9. The van der Waals surface area contributed by atoms with Crippen LogP contribution in [0.4, 0.5) is 9.18 Å². The Balaban J connectivity index is 1.34. The van der Waals surface area contributed by atoms with E-state index >= 15 is 0 Å². The van der Waals surface area contributed by atoms with Gasteiger partial charge in [0, 0.05) is 19.0 Å². The average molecular weight is 360 g/mol. The molecule has 140 valence electrons. The number of carbonyl (C=O) groups is 2. The Morgan fingerprint density at radius 2 is 1.92 bits per heavy atom. The molecule has 3 aliphatic rings. The quantitative estimate of drug-likeness (QED) is 0.882. The molecule has 2 saturated heterocycles. The molecule has 5 nitrogen and oxygen atoms in total. The maximum Gasteiger partial charge on any atom is 0.407 e. The fraction of sp³-hybridized carbons (Fsp3) is 0.600. The summed E-state index contributed by atoms with van der Waals surface area (Å²) in [5, 5.41) is 2.84. The molecule has 0 bridgehead atoms. The number of likely N-dealkylation sites (tertiary alicyclic amines) is 1. The number of nitrogens with zero attached hydrogens (tertiary/aromatic N) is 1. The normalized spacial score (nSPS) is 28.7. The number of alkyl carbamates (subject to hydrolysis) is 1. The number of benzene rings is 1. The fourth-order valence-electron chi connectivity index (χ4n) is 4.69. The molecule has 1 N–H and O–H groups in total. The molecule has 1 saturated carbocycles. The number of piperidine rings is 1. The van der Waals surface area contributed by atoms with Gasteiger partial charge in [-0.3, -0.25) is 4.79 Å². The van der Waals surface area contributed by atoms with E-state index in [1.54, 1.807) is 6.07 Å². The maximum absolute atomic E-state index is 13.7. The van der Waals surface area contributed by atoms with Crippen LogP contribution in [0, 0.1) is 25.6 Å². The highest BCUT2D eigenvalue weighted by Gasteiger charge is 2.53. The highest BCUT2D eigenvalue weighted by Crippen LogP contribution is 2.42. The van der Waals surface area contributed by atoms with E-state index < -0.39 is 0 Å². The van der Waals surface area contributed by atoms with Crippen molar-refractivity contribution in [2.24, 2.45) is 5.92 Å². The standard InChI is InChI=1S/C20H25FN2O3/c1-12-13(2)17(21)4-3-16(12)14-5-7-23(8-6-14)18(24)15-9-20(10-15)11-26-19(25)22-20/h3-4,14-15H,5-11H2,1-2H3,(H,22,25). The van der Waals surface area contributed by atoms with E-state index in [0.29, 0.717) is 25.4 Å². The molecule has 3 fully saturated rings. The Kier molecular flexibility index (Phi) is 4.16. The Labute approximate surface area is 152 Å². The topological polar surface area (TPSA) is 58.6 Å². The zero-order valence-electron chi connectivity index (χ0n) is 15.3. The van der Waals surface area contributed by atoms with Crippen molar-refractivity contribution in [2.45, 2.75) is 51.0 Å². The zero-order valence-corrected chi connectivity index (χ0v) is 15.3. The van der Waals surface area contributed by atoms with E-state index in [4.69, 9.17) is 4.74 Å². The molecule has 2 amide bonds. The number of cyclic esters (lactones) is 1. The molecular formula is C20H25FN2O3. The molecule has 0 atom stereocenters. The summed E-state index contributed by atoms with van der Waals surface area (Å²) in [5.74, 6) is 0.417. The second-order valence-corrected chi connectivity index (χ2v) is 8.07. The van der Waals surface area contributed by atoms with Gasteiger partial charge in [-0.05, 0) is 68.2 Å². The van der Waals surface area contributed by atoms with Gasteiger partial charge in [-0.25, -0.2) is 9.18 Å². The lowest BCUT2D eigenvalue weighted by molar-refractivity contribution is -0.142. The zero-order chi connectivity index (χ0) is 18.5. The summed E-state index contributed by atoms with van der Waals surface area (Å²) < 4.78 is 18.7. The third-order valence-corrected chi connectivity index (χ3v) is 6.48. The Bertz CT molecular complexity index is 750. The van der Waals surface area contributed by atoms with Crippen LogP contribution in [-0.4, -0.2) is 42.1 Å². The van der Waals surface area contributed by atoms with Crippen molar-refractivity contribution < 1.29 is 18.7 Å². The minimum absolute atomic E-state index is 0.0108. The molecule has 2 heterocycles. The number of halogens is 1. The van der Waals surface area contributed by atoms with E-state index in [1.807, 2.05) is 24.8 Å². The average Bonchev–Trinajstić information content (AvgIpc) is 3.00. The molecule has 26 heavy (non-hydrogen) atoms. The highest BCUT2D eigenvalue weighted by molar-refractivity contribution is 5.81. The van der Waals surface area contributed by atoms with Crippen LogP contribution in [0.25, 0.3) is 0 Å². The second kappa shape index (κ2) is 6.25. The maximum atomic E-state index is 13.7. The lowest BCUT2D eigenvalue weighted by Gasteiger charge is -2.45. The van der Waals surface area contributed by atoms with Gasteiger partial charge in [-0.15, -0.1) is 0 Å². The summed E-state index contributed by atoms with van der Waals surface area (Å²) in [5.41, 5.74) is 2.66. The molecule has 4 rings (SSSR count). The molecule has 0 unspecified atom stereocenters. The van der Waals surface area contributed by atoms with Crippen molar-refractivity contribution in [3.8, 4) is 0 Å². The number of nitrogens with one attached hydrogen (secondary N) is 1. The van der Waals surface area contributed by atoms with Crippen LogP contribution in [0.3, 0.4) is 0 Å². The van der Waals surface area contributed by atoms with Gasteiger partial charge < -0.3 is 15.0 Å². The summed E-state index contributed by atoms with van der Waals surface area (Å²) in [6.07, 6.45) is 2.80. The van der Waals surface area contributed by atoms with Gasteiger partial charge in [0.05, 0.1) is 5.54 Å². The monoisotopic (exact) mass is 360 g/mol. The minimum Gasteiger partial charge on any atom is -0.447 e. The van der Waals surface area contributed by atoms with Crippen molar-refractivity contribution in [1.29, 1.82) is 0 Å². The number of rotatable bonds is 2. The first-order valence-electron chi connectivity index (χ1n) is 9.38. The molecule has 1 aromatic rings. The smallest absolute Gasteiger partial charge is 0.407 e. The van der Waals surface area contributed by atoms with Gasteiger partial charge in [0.25, 0.3) is 0 Å². The molecule has 1 aliphatic carbocycles. The summed E-state index contributed by atoms with van der Waals surface area (Å²) in [6, 6.07) is 3.46. The van der Waals surface area contributed by atoms with Gasteiger partial charge in [0.15, 0.2) is 0 Å². The first kappa shape index (κ1) is 17.3. The van der Waals surface area contributed by atoms with Crippen molar-refractivity contribution in [2.75, 3.05) is 19.7 Å². The van der Waals surface area contributed by atoms with Crippen LogP contribution in [0.15, 0.2) is 12.1 Å². The molecule has 0 aromatic heterocycles. The van der Waals surface area contributed by atoms with Gasteiger partial charge in [-0.2, -0.15) is 0 Å². The second-order valence-electron chi connectivity index (χ2n) is 8.07. The predicted molar refractivity (Wildman–Crippen MR) is 94.4 cm³/mol. The van der Waals surface area contributed by atoms with Gasteiger partial charge >= 0.3 is 6.09 Å². The molecule has 2 aliphatic heterocycles. The minimum atomic E-state index is -0.373. The molecule has 1 spiro atoms. The van der Waals surface area contributed by atoms with Gasteiger partial charge in [0.2, 0.25) is 5.91 Å². The first-order chi connectivity index (χ1) is 12.4. The van der Waals surface area contributed by atoms with E-state index in [0.717, 1.165) is 37.1 Å². The van der Waals surface area contributed by atoms with Crippen LogP contribution in [0.5, 0.6) is 0 Å². The van der Waals surface area contributed by atoms with Crippen LogP contribution in [-0.2, 0) is 9.53 Å². The Morgan fingerprint density at radius 3 is 2.54 bits per heavy atom. The van der Waals surface area contributed by atoms with E-state index in [2.05, 4.69) is 5.32 Å². The number of carbonyl (C=O) groups excluding carboxylic acids is 2. The third kappa shape index (κ3) is 2.85. The molecule has 1 aromatic carbocycles. The molecule has 0 radical (unpaired) electrons. The predicted octanol–water partition coefficient (Wildman–Crippen LogP) is 3.04. The fourth-order valence-corrected chi connectivity index (χ4v) is 4.69. The van der Waals surface area contributed by atoms with Gasteiger partial charge in [0.1, 0.15) is 12.4 Å². The highest BCUT2D eigenvalue weighted by atomic mass is 19.1. The summed E-state index contributed by atoms with van der Waals surface area (Å²) in [7, 11) is 0. The first-order valence-corrected chi connectivity index (χ1v) is 9.38. The number of ether oxygens (including phenoxy) is 1. The van der Waals surface area contributed by atoms with Crippen molar-refractivity contribution in [3.63, 3.8) is 0 Å². The van der Waals surface area contributed by atoms with Gasteiger partial charge in [-0.1, -0.05) is 6.07 Å². The van der Waals surface area contributed by atoms with Crippen LogP contribution in [0.1, 0.15) is 48.3 Å². The Hall–Kier alpha value is -2.11. The SMILES string of the molecule is Cc1c(F)ccc(C2CCN(C(=O)C3CC4(COC(=O)N4)C3)CC2)c1C. The molecule has 6 heteroatoms. The number of hydrogen-bond acceptors (Lipinski definition) is 3. The van der Waals surface area contributed by atoms with Crippen LogP contribution in [0.2, 0.25) is 0 Å².